The summed E-state index contributed by atoms with van der Waals surface area (Å²) >= 11 is 0. The molecule has 3 N–H and O–H groups in total. The van der Waals surface area contributed by atoms with E-state index in [4.69, 9.17) is 11.1 Å². The van der Waals surface area contributed by atoms with Crippen LogP contribution < -0.4 is 5.73 Å². The Hall–Kier alpha value is -1.27. The van der Waals surface area contributed by atoms with E-state index in [1.807, 2.05) is 12.1 Å². The molecule has 1 saturated heterocycles. The minimum Gasteiger partial charge on any atom is -0.382 e. The Bertz CT molecular complexity index is 439. The molecule has 2 rings (SSSR count). The third kappa shape index (κ3) is 3.10. The minimum absolute atomic E-state index is 0.00110. The fourth-order valence-corrected chi connectivity index (χ4v) is 3.01. The van der Waals surface area contributed by atoms with Crippen LogP contribution >= 0.6 is 0 Å². The van der Waals surface area contributed by atoms with Gasteiger partial charge in [-0.1, -0.05) is 6.07 Å². The summed E-state index contributed by atoms with van der Waals surface area (Å²) in [6, 6.07) is 3.79. The molecular formula is C11H16N4OS. The van der Waals surface area contributed by atoms with Crippen molar-refractivity contribution in [3.8, 4) is 0 Å². The van der Waals surface area contributed by atoms with Gasteiger partial charge in [0, 0.05) is 48.1 Å². The van der Waals surface area contributed by atoms with Gasteiger partial charge in [-0.2, -0.15) is 0 Å². The van der Waals surface area contributed by atoms with E-state index in [0.29, 0.717) is 5.69 Å². The number of nitrogens with one attached hydrogen (secondary N) is 1. The van der Waals surface area contributed by atoms with E-state index < -0.39 is 10.8 Å². The van der Waals surface area contributed by atoms with Crippen molar-refractivity contribution in [2.24, 2.45) is 5.73 Å². The lowest BCUT2D eigenvalue weighted by Crippen LogP contribution is -2.37. The molecule has 0 saturated carbocycles. The fourth-order valence-electron chi connectivity index (χ4n) is 1.88. The molecule has 5 nitrogen and oxygen atoms in total. The second kappa shape index (κ2) is 5.37. The van der Waals surface area contributed by atoms with Crippen molar-refractivity contribution in [2.45, 2.75) is 6.54 Å². The van der Waals surface area contributed by atoms with E-state index in [1.165, 1.54) is 0 Å². The molecule has 1 fully saturated rings. The second-order valence-electron chi connectivity index (χ2n) is 4.05. The quantitative estimate of drug-likeness (QED) is 0.582. The standard InChI is InChI=1S/C11H16N4OS/c12-11(13)10-9(2-1-3-14-10)8-15-4-6-17(16)7-5-15/h1-3H,4-8H2,(H3,12,13). The summed E-state index contributed by atoms with van der Waals surface area (Å²) in [4.78, 5) is 6.35. The molecule has 1 aromatic rings. The number of pyridine rings is 1. The Balaban J connectivity index is 2.08. The van der Waals surface area contributed by atoms with Crippen LogP contribution in [0.2, 0.25) is 0 Å². The maximum atomic E-state index is 11.3. The van der Waals surface area contributed by atoms with Crippen molar-refractivity contribution in [3.05, 3.63) is 29.6 Å². The molecule has 0 spiro atoms. The Morgan fingerprint density at radius 2 is 2.24 bits per heavy atom. The summed E-state index contributed by atoms with van der Waals surface area (Å²) in [5, 5.41) is 7.47. The molecule has 0 amide bonds. The van der Waals surface area contributed by atoms with Crippen LogP contribution in [0, 0.1) is 5.41 Å². The van der Waals surface area contributed by atoms with E-state index in [-0.39, 0.29) is 5.84 Å². The van der Waals surface area contributed by atoms with Crippen LogP contribution in [0.4, 0.5) is 0 Å². The molecule has 0 aliphatic carbocycles. The molecule has 0 aromatic carbocycles. The summed E-state index contributed by atoms with van der Waals surface area (Å²) in [7, 11) is -0.657. The second-order valence-corrected chi connectivity index (χ2v) is 5.75. The van der Waals surface area contributed by atoms with Gasteiger partial charge in [0.2, 0.25) is 0 Å². The molecule has 2 heterocycles. The number of nitrogens with two attached hydrogens (primary N) is 1. The number of nitrogen functional groups attached to an aromatic ring is 1. The van der Waals surface area contributed by atoms with Gasteiger partial charge < -0.3 is 5.73 Å². The lowest BCUT2D eigenvalue weighted by molar-refractivity contribution is 0.291. The highest BCUT2D eigenvalue weighted by Crippen LogP contribution is 2.10. The number of aromatic nitrogens is 1. The highest BCUT2D eigenvalue weighted by Gasteiger charge is 2.17. The van der Waals surface area contributed by atoms with Crippen LogP contribution in [-0.4, -0.2) is 44.5 Å². The predicted molar refractivity (Wildman–Crippen MR) is 68.4 cm³/mol. The minimum atomic E-state index is -0.657. The maximum absolute atomic E-state index is 11.3. The van der Waals surface area contributed by atoms with Crippen molar-refractivity contribution in [1.82, 2.24) is 9.88 Å². The monoisotopic (exact) mass is 252 g/mol. The summed E-state index contributed by atoms with van der Waals surface area (Å²) in [6.07, 6.45) is 1.64. The highest BCUT2D eigenvalue weighted by atomic mass is 32.2. The number of hydrogen-bond donors (Lipinski definition) is 2. The molecule has 17 heavy (non-hydrogen) atoms. The van der Waals surface area contributed by atoms with Gasteiger partial charge in [-0.15, -0.1) is 0 Å². The van der Waals surface area contributed by atoms with Crippen LogP contribution in [0.15, 0.2) is 18.3 Å². The van der Waals surface area contributed by atoms with E-state index in [1.54, 1.807) is 6.20 Å². The van der Waals surface area contributed by atoms with Gasteiger partial charge in [0.1, 0.15) is 11.5 Å². The number of amidine groups is 1. The third-order valence-corrected chi connectivity index (χ3v) is 4.09. The lowest BCUT2D eigenvalue weighted by atomic mass is 10.1. The third-order valence-electron chi connectivity index (χ3n) is 2.81. The van der Waals surface area contributed by atoms with E-state index in [2.05, 4.69) is 9.88 Å². The molecule has 1 aromatic heterocycles. The van der Waals surface area contributed by atoms with E-state index in [0.717, 1.165) is 36.7 Å². The van der Waals surface area contributed by atoms with Gasteiger partial charge >= 0.3 is 0 Å². The van der Waals surface area contributed by atoms with Crippen LogP contribution in [0.25, 0.3) is 0 Å². The maximum Gasteiger partial charge on any atom is 0.142 e. The van der Waals surface area contributed by atoms with Crippen molar-refractivity contribution in [3.63, 3.8) is 0 Å². The molecule has 6 heteroatoms. The Morgan fingerprint density at radius 3 is 2.88 bits per heavy atom. The predicted octanol–water partition coefficient (Wildman–Crippen LogP) is -0.0700. The molecule has 0 unspecified atom stereocenters. The Morgan fingerprint density at radius 1 is 1.53 bits per heavy atom. The largest absolute Gasteiger partial charge is 0.382 e. The highest BCUT2D eigenvalue weighted by molar-refractivity contribution is 7.85. The van der Waals surface area contributed by atoms with Crippen molar-refractivity contribution < 1.29 is 4.21 Å². The zero-order chi connectivity index (χ0) is 12.3. The lowest BCUT2D eigenvalue weighted by Gasteiger charge is -2.26. The zero-order valence-corrected chi connectivity index (χ0v) is 10.4. The normalized spacial score (nSPS) is 18.1. The zero-order valence-electron chi connectivity index (χ0n) is 9.56. The first-order valence-corrected chi connectivity index (χ1v) is 7.01. The topological polar surface area (TPSA) is 83.1 Å². The molecule has 92 valence electrons. The average molecular weight is 252 g/mol. The fraction of sp³-hybridized carbons (Fsp3) is 0.455. The summed E-state index contributed by atoms with van der Waals surface area (Å²) in [5.74, 6) is 1.46. The SMILES string of the molecule is N=C(N)c1ncccc1CN1CCS(=O)CC1. The molecule has 0 atom stereocenters. The molecule has 0 bridgehead atoms. The van der Waals surface area contributed by atoms with Crippen LogP contribution in [-0.2, 0) is 17.3 Å². The Labute approximate surface area is 103 Å². The van der Waals surface area contributed by atoms with Gasteiger partial charge in [0.05, 0.1) is 0 Å². The Kier molecular flexibility index (Phi) is 3.86. The molecule has 1 aliphatic heterocycles. The van der Waals surface area contributed by atoms with Gasteiger partial charge in [-0.3, -0.25) is 19.5 Å². The number of nitrogens with zero attached hydrogens (tertiary/aromatic N) is 2. The van der Waals surface area contributed by atoms with Gasteiger partial charge in [-0.25, -0.2) is 0 Å². The molecule has 1 aliphatic rings. The van der Waals surface area contributed by atoms with Gasteiger partial charge in [0.15, 0.2) is 0 Å². The van der Waals surface area contributed by atoms with Gasteiger partial charge in [-0.05, 0) is 11.6 Å². The summed E-state index contributed by atoms with van der Waals surface area (Å²) in [5.41, 5.74) is 7.02. The number of rotatable bonds is 3. The van der Waals surface area contributed by atoms with Crippen LogP contribution in [0.5, 0.6) is 0 Å². The molecule has 0 radical (unpaired) electrons. The van der Waals surface area contributed by atoms with Crippen molar-refractivity contribution in [2.75, 3.05) is 24.6 Å². The summed E-state index contributed by atoms with van der Waals surface area (Å²) in [6.45, 7) is 2.39. The van der Waals surface area contributed by atoms with Crippen LogP contribution in [0.3, 0.4) is 0 Å². The first-order valence-electron chi connectivity index (χ1n) is 5.52. The summed E-state index contributed by atoms with van der Waals surface area (Å²) < 4.78 is 11.3. The number of hydrogen-bond acceptors (Lipinski definition) is 4. The molecular weight excluding hydrogens is 236 g/mol. The first-order chi connectivity index (χ1) is 8.16. The van der Waals surface area contributed by atoms with Crippen molar-refractivity contribution in [1.29, 1.82) is 5.41 Å². The van der Waals surface area contributed by atoms with Crippen LogP contribution in [0.1, 0.15) is 11.3 Å². The van der Waals surface area contributed by atoms with Gasteiger partial charge in [0.25, 0.3) is 0 Å². The van der Waals surface area contributed by atoms with Crippen molar-refractivity contribution >= 4 is 16.6 Å². The smallest absolute Gasteiger partial charge is 0.142 e. The first kappa shape index (κ1) is 12.2. The average Bonchev–Trinajstić information content (AvgIpc) is 2.32. The van der Waals surface area contributed by atoms with E-state index >= 15 is 0 Å². The van der Waals surface area contributed by atoms with E-state index in [9.17, 15) is 4.21 Å².